The Morgan fingerprint density at radius 3 is 1.45 bits per heavy atom. The number of quaternary nitrogens is 2. The molecule has 0 aromatic carbocycles. The molecule has 0 aromatic rings. The van der Waals surface area contributed by atoms with Crippen LogP contribution in [0.25, 0.3) is 0 Å². The van der Waals surface area contributed by atoms with Crippen LogP contribution in [0, 0.1) is 0 Å². The molecular formula is C25H52N2O4. The molecule has 0 spiro atoms. The van der Waals surface area contributed by atoms with Crippen LogP contribution in [0.15, 0.2) is 12.2 Å². The number of unbranched alkanes of at least 4 members (excludes halogenated alkanes) is 12. The van der Waals surface area contributed by atoms with Gasteiger partial charge in [0.15, 0.2) is 0 Å². The molecule has 186 valence electrons. The van der Waals surface area contributed by atoms with Crippen LogP contribution in [-0.2, 0) is 9.59 Å². The maximum atomic E-state index is 8.89. The number of aliphatic carboxylic acids is 2. The first-order chi connectivity index (χ1) is 14.9. The first kappa shape index (κ1) is 34.2. The van der Waals surface area contributed by atoms with Crippen LogP contribution in [0.1, 0.15) is 117 Å². The summed E-state index contributed by atoms with van der Waals surface area (Å²) in [6.07, 6.45) is 25.7. The van der Waals surface area contributed by atoms with Crippen LogP contribution in [-0.4, -0.2) is 31.6 Å². The number of carbonyl (C=O) groups excluding carboxylic acids is 2. The zero-order valence-electron chi connectivity index (χ0n) is 20.8. The molecular weight excluding hydrogens is 392 g/mol. The van der Waals surface area contributed by atoms with Crippen molar-refractivity contribution in [2.24, 2.45) is 0 Å². The van der Waals surface area contributed by atoms with Gasteiger partial charge in [0.1, 0.15) is 0 Å². The normalized spacial score (nSPS) is 10.2. The average molecular weight is 445 g/mol. The third-order valence-electron chi connectivity index (χ3n) is 4.58. The molecule has 0 radical (unpaired) electrons. The smallest absolute Gasteiger partial charge is 0.0809 e. The molecule has 6 heteroatoms. The molecule has 0 aliphatic heterocycles. The van der Waals surface area contributed by atoms with E-state index in [2.05, 4.69) is 30.1 Å². The summed E-state index contributed by atoms with van der Waals surface area (Å²) >= 11 is 0. The summed E-state index contributed by atoms with van der Waals surface area (Å²) in [5, 5.41) is 20.2. The molecule has 0 bridgehead atoms. The second-order valence-corrected chi connectivity index (χ2v) is 7.99. The Balaban J connectivity index is -0.000000832. The van der Waals surface area contributed by atoms with Crippen molar-refractivity contribution in [2.45, 2.75) is 117 Å². The van der Waals surface area contributed by atoms with Crippen molar-refractivity contribution < 1.29 is 30.9 Å². The van der Waals surface area contributed by atoms with E-state index in [0.29, 0.717) is 0 Å². The molecule has 0 heterocycles. The fourth-order valence-electron chi connectivity index (χ4n) is 2.97. The molecule has 0 atom stereocenters. The molecule has 0 aliphatic rings. The van der Waals surface area contributed by atoms with Gasteiger partial charge in [0.05, 0.1) is 19.6 Å². The molecule has 0 saturated heterocycles. The van der Waals surface area contributed by atoms with E-state index in [9.17, 15) is 0 Å². The number of nitrogens with two attached hydrogens (primary N) is 1. The van der Waals surface area contributed by atoms with Crippen molar-refractivity contribution in [3.63, 3.8) is 0 Å². The van der Waals surface area contributed by atoms with Gasteiger partial charge in [0, 0.05) is 18.4 Å². The van der Waals surface area contributed by atoms with Gasteiger partial charge in [-0.05, 0) is 52.4 Å². The van der Waals surface area contributed by atoms with Crippen molar-refractivity contribution in [3.8, 4) is 0 Å². The first-order valence-corrected chi connectivity index (χ1v) is 12.5. The van der Waals surface area contributed by atoms with Gasteiger partial charge in [0.25, 0.3) is 0 Å². The summed E-state index contributed by atoms with van der Waals surface area (Å²) < 4.78 is 0. The van der Waals surface area contributed by atoms with Crippen LogP contribution < -0.4 is 21.3 Å². The summed E-state index contributed by atoms with van der Waals surface area (Å²) in [7, 11) is 0. The van der Waals surface area contributed by atoms with Gasteiger partial charge in [-0.2, -0.15) is 0 Å². The topological polar surface area (TPSA) is 125 Å². The van der Waals surface area contributed by atoms with Crippen LogP contribution >= 0.6 is 0 Å². The highest BCUT2D eigenvalue weighted by molar-refractivity contribution is 5.60. The second-order valence-electron chi connectivity index (χ2n) is 7.99. The highest BCUT2D eigenvalue weighted by Gasteiger charge is 1.94. The number of hydrogen-bond donors (Lipinski definition) is 2. The van der Waals surface area contributed by atoms with Gasteiger partial charge in [-0.3, -0.25) is 0 Å². The van der Waals surface area contributed by atoms with Gasteiger partial charge in [0.2, 0.25) is 0 Å². The Morgan fingerprint density at radius 1 is 0.677 bits per heavy atom. The predicted octanol–water partition coefficient (Wildman–Crippen LogP) is 1.73. The summed E-state index contributed by atoms with van der Waals surface area (Å²) in [4.78, 5) is 17.8. The van der Waals surface area contributed by atoms with Crippen LogP contribution in [0.3, 0.4) is 0 Å². The molecule has 0 aromatic heterocycles. The van der Waals surface area contributed by atoms with Crippen LogP contribution in [0.4, 0.5) is 0 Å². The lowest BCUT2D eigenvalue weighted by Gasteiger charge is -2.01. The van der Waals surface area contributed by atoms with Gasteiger partial charge < -0.3 is 30.9 Å². The zero-order valence-corrected chi connectivity index (χ0v) is 20.8. The molecule has 5 N–H and O–H groups in total. The third-order valence-corrected chi connectivity index (χ3v) is 4.58. The number of hydrogen-bond acceptors (Lipinski definition) is 4. The Labute approximate surface area is 192 Å². The highest BCUT2D eigenvalue weighted by atomic mass is 16.4. The molecule has 0 saturated carbocycles. The average Bonchev–Trinajstić information content (AvgIpc) is 2.69. The molecule has 0 aliphatic carbocycles. The lowest BCUT2D eigenvalue weighted by Crippen LogP contribution is -2.84. The van der Waals surface area contributed by atoms with Crippen molar-refractivity contribution >= 4 is 11.9 Å². The quantitative estimate of drug-likeness (QED) is 0.232. The SMILES string of the molecule is CC(=O)[O-].CC(=O)[O-].CCCCCCCCC=CCCCCCCCC[NH2+]CCC[NH3+]. The third kappa shape index (κ3) is 58.5. The number of rotatable bonds is 19. The van der Waals surface area contributed by atoms with Gasteiger partial charge in [-0.25, -0.2) is 0 Å². The maximum absolute atomic E-state index is 8.89. The molecule has 31 heavy (non-hydrogen) atoms. The van der Waals surface area contributed by atoms with Crippen LogP contribution in [0.2, 0.25) is 0 Å². The maximum Gasteiger partial charge on any atom is 0.0809 e. The van der Waals surface area contributed by atoms with E-state index < -0.39 is 11.9 Å². The molecule has 0 unspecified atom stereocenters. The van der Waals surface area contributed by atoms with E-state index in [1.165, 1.54) is 109 Å². The minimum absolute atomic E-state index is 0.972. The number of carbonyl (C=O) groups is 2. The Kier molecular flexibility index (Phi) is 36.7. The van der Waals surface area contributed by atoms with Gasteiger partial charge in [-0.15, -0.1) is 0 Å². The first-order valence-electron chi connectivity index (χ1n) is 12.5. The Bertz CT molecular complexity index is 368. The van der Waals surface area contributed by atoms with Crippen molar-refractivity contribution in [1.82, 2.24) is 0 Å². The summed E-state index contributed by atoms with van der Waals surface area (Å²) in [5.41, 5.74) is 3.88. The number of carboxylic acids is 2. The minimum Gasteiger partial charge on any atom is -0.550 e. The molecule has 0 rings (SSSR count). The Hall–Kier alpha value is -1.40. The largest absolute Gasteiger partial charge is 0.550 e. The lowest BCUT2D eigenvalue weighted by atomic mass is 10.1. The van der Waals surface area contributed by atoms with Gasteiger partial charge in [-0.1, -0.05) is 70.4 Å². The summed E-state index contributed by atoms with van der Waals surface area (Å²) in [6.45, 7) is 7.91. The Morgan fingerprint density at radius 2 is 1.03 bits per heavy atom. The van der Waals surface area contributed by atoms with E-state index in [0.717, 1.165) is 20.4 Å². The van der Waals surface area contributed by atoms with E-state index >= 15 is 0 Å². The van der Waals surface area contributed by atoms with E-state index in [1.54, 1.807) is 0 Å². The van der Waals surface area contributed by atoms with Crippen molar-refractivity contribution in [3.05, 3.63) is 12.2 Å². The predicted molar refractivity (Wildman–Crippen MR) is 125 cm³/mol. The second kappa shape index (κ2) is 33.2. The highest BCUT2D eigenvalue weighted by Crippen LogP contribution is 2.09. The zero-order chi connectivity index (χ0) is 24.0. The van der Waals surface area contributed by atoms with E-state index in [-0.39, 0.29) is 0 Å². The van der Waals surface area contributed by atoms with E-state index in [1.807, 2.05) is 0 Å². The number of carboxylic acid groups (broad SMARTS) is 2. The monoisotopic (exact) mass is 444 g/mol. The minimum atomic E-state index is -1.08. The molecule has 0 amide bonds. The van der Waals surface area contributed by atoms with Gasteiger partial charge >= 0.3 is 0 Å². The number of allylic oxidation sites excluding steroid dienone is 2. The molecule has 0 fully saturated rings. The standard InChI is InChI=1S/C21H44N2.2C2H4O2/c1-2-3-4-5-6-7-8-9-10-11-12-13-14-15-16-17-20-23-21-18-19-22;2*1-2(3)4/h9-10,23H,2-8,11-22H2,1H3;2*1H3,(H,3,4). The summed E-state index contributed by atoms with van der Waals surface area (Å²) in [6, 6.07) is 0. The fraction of sp³-hybridized carbons (Fsp3) is 0.840. The van der Waals surface area contributed by atoms with Crippen molar-refractivity contribution in [2.75, 3.05) is 19.6 Å². The molecule has 6 nitrogen and oxygen atoms in total. The van der Waals surface area contributed by atoms with E-state index in [4.69, 9.17) is 19.8 Å². The lowest BCUT2D eigenvalue weighted by molar-refractivity contribution is -0.657. The fourth-order valence-corrected chi connectivity index (χ4v) is 2.97. The summed E-state index contributed by atoms with van der Waals surface area (Å²) in [5.74, 6) is -2.17. The van der Waals surface area contributed by atoms with Crippen molar-refractivity contribution in [1.29, 1.82) is 0 Å². The van der Waals surface area contributed by atoms with Crippen LogP contribution in [0.5, 0.6) is 0 Å².